The molecule has 9 heteroatoms. The van der Waals surface area contributed by atoms with E-state index in [2.05, 4.69) is 16.0 Å². The highest BCUT2D eigenvalue weighted by molar-refractivity contribution is 6.36. The van der Waals surface area contributed by atoms with Crippen LogP contribution in [0.5, 0.6) is 0 Å². The van der Waals surface area contributed by atoms with Crippen molar-refractivity contribution in [2.45, 2.75) is 6.61 Å². The summed E-state index contributed by atoms with van der Waals surface area (Å²) in [6.07, 6.45) is 0. The van der Waals surface area contributed by atoms with Crippen molar-refractivity contribution in [3.8, 4) is 0 Å². The van der Waals surface area contributed by atoms with Crippen molar-refractivity contribution in [2.75, 3.05) is 18.4 Å². The van der Waals surface area contributed by atoms with E-state index in [-0.39, 0.29) is 30.3 Å². The molecule has 0 aliphatic rings. The Morgan fingerprint density at radius 2 is 1.67 bits per heavy atom. The van der Waals surface area contributed by atoms with E-state index in [1.54, 1.807) is 24.3 Å². The molecule has 0 heterocycles. The lowest BCUT2D eigenvalue weighted by Gasteiger charge is -2.09. The number of anilines is 1. The predicted molar refractivity (Wildman–Crippen MR) is 103 cm³/mol. The molecule has 3 amide bonds. The Hall–Kier alpha value is -2.61. The summed E-state index contributed by atoms with van der Waals surface area (Å²) in [7, 11) is 0. The standard InChI is InChI=1S/C18H17Cl2N3O4/c19-12-4-5-14(15(20)7-12)18(27)22-8-16(25)21-9-17(26)23-13-3-1-2-11(6-13)10-24/h1-7,24H,8-10H2,(H,21,25)(H,22,27)(H,23,26). The maximum atomic E-state index is 12.0. The van der Waals surface area contributed by atoms with Crippen LogP contribution < -0.4 is 16.0 Å². The van der Waals surface area contributed by atoms with Gasteiger partial charge in [0.05, 0.1) is 30.3 Å². The lowest BCUT2D eigenvalue weighted by atomic mass is 10.2. The molecular weight excluding hydrogens is 393 g/mol. The third-order valence-corrected chi connectivity index (χ3v) is 3.97. The van der Waals surface area contributed by atoms with Crippen LogP contribution in [0.4, 0.5) is 5.69 Å². The first-order chi connectivity index (χ1) is 12.9. The number of hydrogen-bond donors (Lipinski definition) is 4. The van der Waals surface area contributed by atoms with Crippen LogP contribution in [0.3, 0.4) is 0 Å². The van der Waals surface area contributed by atoms with Crippen molar-refractivity contribution in [3.63, 3.8) is 0 Å². The molecule has 0 spiro atoms. The quantitative estimate of drug-likeness (QED) is 0.560. The van der Waals surface area contributed by atoms with E-state index in [0.29, 0.717) is 16.3 Å². The summed E-state index contributed by atoms with van der Waals surface area (Å²) in [4.78, 5) is 35.6. The summed E-state index contributed by atoms with van der Waals surface area (Å²) in [5.74, 6) is -1.50. The SMILES string of the molecule is O=C(CNC(=O)c1ccc(Cl)cc1Cl)NCC(=O)Nc1cccc(CO)c1. The Morgan fingerprint density at radius 3 is 2.37 bits per heavy atom. The van der Waals surface area contributed by atoms with Crippen molar-refractivity contribution in [1.29, 1.82) is 0 Å². The average Bonchev–Trinajstić information content (AvgIpc) is 2.64. The van der Waals surface area contributed by atoms with E-state index in [9.17, 15) is 14.4 Å². The number of carbonyl (C=O) groups is 3. The van der Waals surface area contributed by atoms with Crippen molar-refractivity contribution >= 4 is 46.6 Å². The number of rotatable bonds is 7. The van der Waals surface area contributed by atoms with Gasteiger partial charge in [-0.25, -0.2) is 0 Å². The highest BCUT2D eigenvalue weighted by atomic mass is 35.5. The monoisotopic (exact) mass is 409 g/mol. The molecule has 0 aliphatic carbocycles. The van der Waals surface area contributed by atoms with Gasteiger partial charge in [-0.3, -0.25) is 14.4 Å². The Morgan fingerprint density at radius 1 is 0.926 bits per heavy atom. The molecule has 142 valence electrons. The summed E-state index contributed by atoms with van der Waals surface area (Å²) in [6.45, 7) is -0.720. The number of hydrogen-bond acceptors (Lipinski definition) is 4. The first kappa shape index (κ1) is 20.7. The second kappa shape index (κ2) is 9.91. The van der Waals surface area contributed by atoms with E-state index in [0.717, 1.165) is 0 Å². The fraction of sp³-hybridized carbons (Fsp3) is 0.167. The lowest BCUT2D eigenvalue weighted by Crippen LogP contribution is -2.40. The smallest absolute Gasteiger partial charge is 0.253 e. The largest absolute Gasteiger partial charge is 0.392 e. The Balaban J connectivity index is 1.76. The van der Waals surface area contributed by atoms with Crippen LogP contribution in [-0.4, -0.2) is 35.9 Å². The molecule has 2 aromatic rings. The fourth-order valence-corrected chi connectivity index (χ4v) is 2.62. The van der Waals surface area contributed by atoms with Crippen LogP contribution >= 0.6 is 23.2 Å². The highest BCUT2D eigenvalue weighted by Crippen LogP contribution is 2.20. The van der Waals surface area contributed by atoms with Crippen molar-refractivity contribution in [1.82, 2.24) is 10.6 Å². The fourth-order valence-electron chi connectivity index (χ4n) is 2.12. The van der Waals surface area contributed by atoms with E-state index in [1.807, 2.05) is 0 Å². The maximum absolute atomic E-state index is 12.0. The van der Waals surface area contributed by atoms with E-state index >= 15 is 0 Å². The molecule has 0 saturated carbocycles. The zero-order chi connectivity index (χ0) is 19.8. The average molecular weight is 410 g/mol. The van der Waals surface area contributed by atoms with E-state index in [4.69, 9.17) is 28.3 Å². The second-order valence-electron chi connectivity index (χ2n) is 5.49. The molecule has 2 aromatic carbocycles. The number of carbonyl (C=O) groups excluding carboxylic acids is 3. The molecule has 7 nitrogen and oxygen atoms in total. The van der Waals surface area contributed by atoms with Gasteiger partial charge in [-0.1, -0.05) is 35.3 Å². The van der Waals surface area contributed by atoms with Gasteiger partial charge in [-0.2, -0.15) is 0 Å². The minimum Gasteiger partial charge on any atom is -0.392 e. The van der Waals surface area contributed by atoms with Gasteiger partial charge in [0, 0.05) is 10.7 Å². The van der Waals surface area contributed by atoms with Crippen LogP contribution in [0.25, 0.3) is 0 Å². The molecule has 27 heavy (non-hydrogen) atoms. The number of nitrogens with one attached hydrogen (secondary N) is 3. The van der Waals surface area contributed by atoms with E-state index in [1.165, 1.54) is 18.2 Å². The molecule has 0 saturated heterocycles. The van der Waals surface area contributed by atoms with Gasteiger partial charge >= 0.3 is 0 Å². The molecule has 0 aliphatic heterocycles. The van der Waals surface area contributed by atoms with Crippen LogP contribution in [0.15, 0.2) is 42.5 Å². The topological polar surface area (TPSA) is 108 Å². The number of amides is 3. The van der Waals surface area contributed by atoms with Crippen LogP contribution in [0, 0.1) is 0 Å². The zero-order valence-corrected chi connectivity index (χ0v) is 15.6. The molecule has 0 atom stereocenters. The Kier molecular flexibility index (Phi) is 7.60. The minimum absolute atomic E-state index is 0.141. The molecule has 4 N–H and O–H groups in total. The molecule has 0 fully saturated rings. The molecule has 0 aromatic heterocycles. The maximum Gasteiger partial charge on any atom is 0.253 e. The Bertz CT molecular complexity index is 858. The van der Waals surface area contributed by atoms with Gasteiger partial charge in [0.1, 0.15) is 0 Å². The van der Waals surface area contributed by atoms with Crippen LogP contribution in [0.1, 0.15) is 15.9 Å². The first-order valence-electron chi connectivity index (χ1n) is 7.88. The van der Waals surface area contributed by atoms with Gasteiger partial charge in [-0.15, -0.1) is 0 Å². The zero-order valence-electron chi connectivity index (χ0n) is 14.1. The molecule has 0 unspecified atom stereocenters. The summed E-state index contributed by atoms with van der Waals surface area (Å²) >= 11 is 11.7. The van der Waals surface area contributed by atoms with Crippen LogP contribution in [0.2, 0.25) is 10.0 Å². The third-order valence-electron chi connectivity index (χ3n) is 3.42. The van der Waals surface area contributed by atoms with Gasteiger partial charge in [0.2, 0.25) is 11.8 Å². The van der Waals surface area contributed by atoms with Gasteiger partial charge < -0.3 is 21.1 Å². The molecule has 0 bridgehead atoms. The van der Waals surface area contributed by atoms with Crippen molar-refractivity contribution < 1.29 is 19.5 Å². The van der Waals surface area contributed by atoms with Gasteiger partial charge in [-0.05, 0) is 35.9 Å². The molecule has 2 rings (SSSR count). The van der Waals surface area contributed by atoms with E-state index < -0.39 is 17.7 Å². The summed E-state index contributed by atoms with van der Waals surface area (Å²) in [5, 5.41) is 17.0. The van der Waals surface area contributed by atoms with Crippen molar-refractivity contribution in [3.05, 3.63) is 63.6 Å². The van der Waals surface area contributed by atoms with Crippen LogP contribution in [-0.2, 0) is 16.2 Å². The van der Waals surface area contributed by atoms with Gasteiger partial charge in [0.15, 0.2) is 0 Å². The molecule has 0 radical (unpaired) electrons. The third kappa shape index (κ3) is 6.56. The Labute approximate surface area is 165 Å². The lowest BCUT2D eigenvalue weighted by molar-refractivity contribution is -0.123. The number of halogens is 2. The summed E-state index contributed by atoms with van der Waals surface area (Å²) < 4.78 is 0. The molecular formula is C18H17Cl2N3O4. The minimum atomic E-state index is -0.535. The second-order valence-corrected chi connectivity index (χ2v) is 6.33. The number of benzene rings is 2. The summed E-state index contributed by atoms with van der Waals surface area (Å²) in [6, 6.07) is 11.1. The number of aliphatic hydroxyl groups is 1. The predicted octanol–water partition coefficient (Wildman–Crippen LogP) is 1.97. The summed E-state index contributed by atoms with van der Waals surface area (Å²) in [5.41, 5.74) is 1.35. The highest BCUT2D eigenvalue weighted by Gasteiger charge is 2.12. The number of aliphatic hydroxyl groups excluding tert-OH is 1. The van der Waals surface area contributed by atoms with Gasteiger partial charge in [0.25, 0.3) is 5.91 Å². The normalized spacial score (nSPS) is 10.2. The van der Waals surface area contributed by atoms with Crippen molar-refractivity contribution in [2.24, 2.45) is 0 Å². The first-order valence-corrected chi connectivity index (χ1v) is 8.64.